The Morgan fingerprint density at radius 1 is 1.22 bits per heavy atom. The summed E-state index contributed by atoms with van der Waals surface area (Å²) in [4.78, 5) is 24.7. The molecule has 0 aromatic rings. The third-order valence-corrected chi connectivity index (χ3v) is 2.28. The minimum absolute atomic E-state index is 0.0791. The highest BCUT2D eigenvalue weighted by Crippen LogP contribution is 1.97. The summed E-state index contributed by atoms with van der Waals surface area (Å²) in [6.07, 6.45) is 0. The highest BCUT2D eigenvalue weighted by atomic mass is 16.2. The summed E-state index contributed by atoms with van der Waals surface area (Å²) in [7, 11) is 1.64. The van der Waals surface area contributed by atoms with Gasteiger partial charge in [-0.05, 0) is 26.7 Å². The van der Waals surface area contributed by atoms with Crippen LogP contribution in [0.4, 0.5) is 0 Å². The van der Waals surface area contributed by atoms with Gasteiger partial charge in [0.05, 0.1) is 13.1 Å². The van der Waals surface area contributed by atoms with E-state index in [1.54, 1.807) is 7.05 Å². The molecule has 0 radical (unpaired) electrons. The SMILES string of the molecule is CC(C)CNC(=O)CN(C)C(=O)CNC(C)(C)C. The number of hydrogen-bond donors (Lipinski definition) is 2. The third-order valence-electron chi connectivity index (χ3n) is 2.28. The topological polar surface area (TPSA) is 61.4 Å². The molecule has 0 unspecified atom stereocenters. The zero-order valence-electron chi connectivity index (χ0n) is 12.5. The molecule has 0 heterocycles. The van der Waals surface area contributed by atoms with Gasteiger partial charge in [0.1, 0.15) is 0 Å². The Bertz CT molecular complexity index is 282. The van der Waals surface area contributed by atoms with E-state index in [1.165, 1.54) is 4.90 Å². The molecule has 0 aliphatic rings. The molecule has 0 aliphatic heterocycles. The highest BCUT2D eigenvalue weighted by molar-refractivity contribution is 5.85. The van der Waals surface area contributed by atoms with E-state index in [0.717, 1.165) is 0 Å². The number of likely N-dealkylation sites (N-methyl/N-ethyl adjacent to an activating group) is 1. The second-order valence-corrected chi connectivity index (χ2v) is 6.05. The van der Waals surface area contributed by atoms with Crippen LogP contribution in [-0.4, -0.2) is 48.9 Å². The van der Waals surface area contributed by atoms with Gasteiger partial charge in [-0.3, -0.25) is 9.59 Å². The fourth-order valence-corrected chi connectivity index (χ4v) is 1.15. The van der Waals surface area contributed by atoms with Crippen molar-refractivity contribution in [1.82, 2.24) is 15.5 Å². The van der Waals surface area contributed by atoms with Crippen LogP contribution in [-0.2, 0) is 9.59 Å². The van der Waals surface area contributed by atoms with Gasteiger partial charge in [-0.2, -0.15) is 0 Å². The highest BCUT2D eigenvalue weighted by Gasteiger charge is 2.16. The molecule has 2 amide bonds. The molecule has 106 valence electrons. The van der Waals surface area contributed by atoms with Gasteiger partial charge >= 0.3 is 0 Å². The van der Waals surface area contributed by atoms with Crippen LogP contribution >= 0.6 is 0 Å². The fraction of sp³-hybridized carbons (Fsp3) is 0.846. The van der Waals surface area contributed by atoms with Crippen LogP contribution < -0.4 is 10.6 Å². The summed E-state index contributed by atoms with van der Waals surface area (Å²) in [6.45, 7) is 11.0. The van der Waals surface area contributed by atoms with Crippen LogP contribution in [0.5, 0.6) is 0 Å². The standard InChI is InChI=1S/C13H27N3O2/c1-10(2)7-14-11(17)9-16(6)12(18)8-15-13(3,4)5/h10,15H,7-9H2,1-6H3,(H,14,17). The normalized spacial score (nSPS) is 11.5. The van der Waals surface area contributed by atoms with Crippen molar-refractivity contribution in [3.63, 3.8) is 0 Å². The van der Waals surface area contributed by atoms with Gasteiger partial charge in [0.15, 0.2) is 0 Å². The van der Waals surface area contributed by atoms with Crippen LogP contribution in [0, 0.1) is 5.92 Å². The lowest BCUT2D eigenvalue weighted by atomic mass is 10.1. The predicted molar refractivity (Wildman–Crippen MR) is 73.2 cm³/mol. The molecule has 0 fully saturated rings. The van der Waals surface area contributed by atoms with E-state index in [2.05, 4.69) is 10.6 Å². The van der Waals surface area contributed by atoms with Gasteiger partial charge in [0, 0.05) is 19.1 Å². The van der Waals surface area contributed by atoms with Crippen LogP contribution in [0.1, 0.15) is 34.6 Å². The maximum Gasteiger partial charge on any atom is 0.239 e. The average molecular weight is 257 g/mol. The van der Waals surface area contributed by atoms with Crippen molar-refractivity contribution in [2.24, 2.45) is 5.92 Å². The Morgan fingerprint density at radius 2 is 1.78 bits per heavy atom. The Morgan fingerprint density at radius 3 is 2.22 bits per heavy atom. The average Bonchev–Trinajstić information content (AvgIpc) is 2.21. The molecule has 0 aromatic heterocycles. The Labute approximate surface area is 110 Å². The first kappa shape index (κ1) is 16.9. The second-order valence-electron chi connectivity index (χ2n) is 6.05. The molecule has 0 aromatic carbocycles. The maximum absolute atomic E-state index is 11.7. The van der Waals surface area contributed by atoms with E-state index >= 15 is 0 Å². The number of hydrogen-bond acceptors (Lipinski definition) is 3. The lowest BCUT2D eigenvalue weighted by Crippen LogP contribution is -2.46. The molecule has 0 rings (SSSR count). The Hall–Kier alpha value is -1.10. The molecule has 0 atom stereocenters. The first-order valence-corrected chi connectivity index (χ1v) is 6.37. The number of amides is 2. The lowest BCUT2D eigenvalue weighted by Gasteiger charge is -2.23. The van der Waals surface area contributed by atoms with E-state index in [0.29, 0.717) is 12.5 Å². The van der Waals surface area contributed by atoms with Crippen molar-refractivity contribution in [2.75, 3.05) is 26.7 Å². The number of nitrogens with one attached hydrogen (secondary N) is 2. The maximum atomic E-state index is 11.7. The second kappa shape index (κ2) is 7.36. The van der Waals surface area contributed by atoms with E-state index in [9.17, 15) is 9.59 Å². The van der Waals surface area contributed by atoms with Crippen LogP contribution in [0.2, 0.25) is 0 Å². The van der Waals surface area contributed by atoms with E-state index < -0.39 is 0 Å². The molecule has 5 heteroatoms. The van der Waals surface area contributed by atoms with Crippen molar-refractivity contribution in [3.8, 4) is 0 Å². The van der Waals surface area contributed by atoms with Crippen molar-refractivity contribution >= 4 is 11.8 Å². The minimum atomic E-state index is -0.115. The van der Waals surface area contributed by atoms with E-state index in [1.807, 2.05) is 34.6 Å². The predicted octanol–water partition coefficient (Wildman–Crippen LogP) is 0.605. The molecule has 0 bridgehead atoms. The zero-order valence-corrected chi connectivity index (χ0v) is 12.5. The molecule has 5 nitrogen and oxygen atoms in total. The van der Waals surface area contributed by atoms with Crippen molar-refractivity contribution in [2.45, 2.75) is 40.2 Å². The third kappa shape index (κ3) is 8.98. The number of rotatable bonds is 6. The number of nitrogens with zero attached hydrogens (tertiary/aromatic N) is 1. The number of carbonyl (C=O) groups excluding carboxylic acids is 2. The van der Waals surface area contributed by atoms with E-state index in [4.69, 9.17) is 0 Å². The summed E-state index contributed by atoms with van der Waals surface area (Å²) in [6, 6.07) is 0. The van der Waals surface area contributed by atoms with Crippen molar-refractivity contribution in [1.29, 1.82) is 0 Å². The van der Waals surface area contributed by atoms with Gasteiger partial charge < -0.3 is 15.5 Å². The van der Waals surface area contributed by atoms with Crippen LogP contribution in [0.25, 0.3) is 0 Å². The molecule has 18 heavy (non-hydrogen) atoms. The largest absolute Gasteiger partial charge is 0.354 e. The Kier molecular flexibility index (Phi) is 6.91. The summed E-state index contributed by atoms with van der Waals surface area (Å²) in [5.74, 6) is 0.220. The van der Waals surface area contributed by atoms with Gasteiger partial charge in [0.25, 0.3) is 0 Å². The number of carbonyl (C=O) groups is 2. The fourth-order valence-electron chi connectivity index (χ4n) is 1.15. The Balaban J connectivity index is 3.97. The summed E-state index contributed by atoms with van der Waals surface area (Å²) in [5.41, 5.74) is -0.101. The molecule has 0 aliphatic carbocycles. The lowest BCUT2D eigenvalue weighted by molar-refractivity contribution is -0.134. The molecule has 0 spiro atoms. The van der Waals surface area contributed by atoms with Gasteiger partial charge in [-0.1, -0.05) is 13.8 Å². The van der Waals surface area contributed by atoms with Gasteiger partial charge in [-0.15, -0.1) is 0 Å². The summed E-state index contributed by atoms with van der Waals surface area (Å²) < 4.78 is 0. The monoisotopic (exact) mass is 257 g/mol. The van der Waals surface area contributed by atoms with Gasteiger partial charge in [-0.25, -0.2) is 0 Å². The molecule has 0 saturated heterocycles. The van der Waals surface area contributed by atoms with E-state index in [-0.39, 0.29) is 30.4 Å². The molecular formula is C13H27N3O2. The first-order valence-electron chi connectivity index (χ1n) is 6.37. The molecule has 0 saturated carbocycles. The van der Waals surface area contributed by atoms with Gasteiger partial charge in [0.2, 0.25) is 11.8 Å². The minimum Gasteiger partial charge on any atom is -0.354 e. The van der Waals surface area contributed by atoms with Crippen molar-refractivity contribution in [3.05, 3.63) is 0 Å². The summed E-state index contributed by atoms with van der Waals surface area (Å²) >= 11 is 0. The first-order chi connectivity index (χ1) is 8.11. The molecular weight excluding hydrogens is 230 g/mol. The quantitative estimate of drug-likeness (QED) is 0.733. The smallest absolute Gasteiger partial charge is 0.239 e. The summed E-state index contributed by atoms with van der Waals surface area (Å²) in [5, 5.41) is 5.89. The molecule has 2 N–H and O–H groups in total. The van der Waals surface area contributed by atoms with Crippen LogP contribution in [0.15, 0.2) is 0 Å². The van der Waals surface area contributed by atoms with Crippen LogP contribution in [0.3, 0.4) is 0 Å². The van der Waals surface area contributed by atoms with Crippen molar-refractivity contribution < 1.29 is 9.59 Å². The zero-order chi connectivity index (χ0) is 14.3.